The minimum absolute atomic E-state index is 0.0764. The van der Waals surface area contributed by atoms with Gasteiger partial charge in [-0.25, -0.2) is 15.0 Å². The van der Waals surface area contributed by atoms with Crippen molar-refractivity contribution in [1.29, 1.82) is 0 Å². The van der Waals surface area contributed by atoms with Crippen LogP contribution in [0.3, 0.4) is 0 Å². The molecule has 1 atom stereocenters. The SMILES string of the molecule is CC1(NC(=O)c2cnc(-c3ncccn3)s2)CC=CCC1. The van der Waals surface area contributed by atoms with Crippen LogP contribution >= 0.6 is 11.3 Å². The van der Waals surface area contributed by atoms with Crippen LogP contribution in [0.15, 0.2) is 36.8 Å². The third kappa shape index (κ3) is 3.16. The monoisotopic (exact) mass is 300 g/mol. The average molecular weight is 300 g/mol. The van der Waals surface area contributed by atoms with Crippen molar-refractivity contribution in [3.8, 4) is 10.8 Å². The van der Waals surface area contributed by atoms with E-state index in [9.17, 15) is 4.79 Å². The third-order valence-electron chi connectivity index (χ3n) is 3.50. The van der Waals surface area contributed by atoms with Crippen LogP contribution in [0.1, 0.15) is 35.9 Å². The summed E-state index contributed by atoms with van der Waals surface area (Å²) >= 11 is 1.32. The molecule has 6 heteroatoms. The number of thiazole rings is 1. The summed E-state index contributed by atoms with van der Waals surface area (Å²) in [7, 11) is 0. The predicted molar refractivity (Wildman–Crippen MR) is 82.0 cm³/mol. The molecule has 108 valence electrons. The van der Waals surface area contributed by atoms with Crippen molar-refractivity contribution in [2.75, 3.05) is 0 Å². The van der Waals surface area contributed by atoms with E-state index in [1.165, 1.54) is 11.3 Å². The van der Waals surface area contributed by atoms with Crippen LogP contribution in [0.25, 0.3) is 10.8 Å². The molecular weight excluding hydrogens is 284 g/mol. The Morgan fingerprint density at radius 1 is 1.29 bits per heavy atom. The predicted octanol–water partition coefficient (Wildman–Crippen LogP) is 2.83. The highest BCUT2D eigenvalue weighted by atomic mass is 32.1. The maximum Gasteiger partial charge on any atom is 0.263 e. The topological polar surface area (TPSA) is 67.8 Å². The van der Waals surface area contributed by atoms with E-state index in [4.69, 9.17) is 0 Å². The van der Waals surface area contributed by atoms with E-state index in [1.807, 2.05) is 0 Å². The fourth-order valence-electron chi connectivity index (χ4n) is 2.31. The zero-order valence-corrected chi connectivity index (χ0v) is 12.6. The summed E-state index contributed by atoms with van der Waals surface area (Å²) in [5.41, 5.74) is -0.167. The van der Waals surface area contributed by atoms with Gasteiger partial charge in [0.05, 0.1) is 6.20 Å². The van der Waals surface area contributed by atoms with Gasteiger partial charge in [-0.15, -0.1) is 11.3 Å². The molecule has 0 radical (unpaired) electrons. The van der Waals surface area contributed by atoms with Crippen LogP contribution in [0.5, 0.6) is 0 Å². The van der Waals surface area contributed by atoms with Crippen molar-refractivity contribution in [3.63, 3.8) is 0 Å². The van der Waals surface area contributed by atoms with Crippen molar-refractivity contribution in [1.82, 2.24) is 20.3 Å². The van der Waals surface area contributed by atoms with Gasteiger partial charge in [-0.2, -0.15) is 0 Å². The first-order chi connectivity index (χ1) is 10.2. The Hall–Kier alpha value is -2.08. The van der Waals surface area contributed by atoms with Crippen molar-refractivity contribution in [3.05, 3.63) is 41.7 Å². The zero-order chi connectivity index (χ0) is 14.7. The number of amides is 1. The number of hydrogen-bond donors (Lipinski definition) is 1. The average Bonchev–Trinajstić information content (AvgIpc) is 2.98. The Labute approximate surface area is 127 Å². The van der Waals surface area contributed by atoms with E-state index in [0.717, 1.165) is 19.3 Å². The Kier molecular flexibility index (Phi) is 3.79. The molecule has 0 aromatic carbocycles. The maximum atomic E-state index is 12.4. The summed E-state index contributed by atoms with van der Waals surface area (Å²) in [5, 5.41) is 3.78. The molecule has 1 aliphatic carbocycles. The number of nitrogens with zero attached hydrogens (tertiary/aromatic N) is 3. The molecule has 2 heterocycles. The molecular formula is C15H16N4OS. The van der Waals surface area contributed by atoms with Gasteiger partial charge in [-0.1, -0.05) is 12.2 Å². The largest absolute Gasteiger partial charge is 0.346 e. The quantitative estimate of drug-likeness (QED) is 0.885. The summed E-state index contributed by atoms with van der Waals surface area (Å²) in [6.45, 7) is 2.08. The van der Waals surface area contributed by atoms with Crippen molar-refractivity contribution in [2.24, 2.45) is 0 Å². The lowest BCUT2D eigenvalue weighted by atomic mass is 9.87. The van der Waals surface area contributed by atoms with Crippen LogP contribution in [0.4, 0.5) is 0 Å². The van der Waals surface area contributed by atoms with Gasteiger partial charge in [-0.05, 0) is 32.3 Å². The first kappa shape index (κ1) is 13.9. The van der Waals surface area contributed by atoms with Gasteiger partial charge < -0.3 is 5.32 Å². The standard InChI is InChI=1S/C15H16N4OS/c1-15(6-3-2-4-7-15)19-13(20)11-10-18-14(21-11)12-16-8-5-9-17-12/h2-3,5,8-10H,4,6-7H2,1H3,(H,19,20). The second kappa shape index (κ2) is 5.73. The van der Waals surface area contributed by atoms with Gasteiger partial charge in [0.15, 0.2) is 10.8 Å². The number of allylic oxidation sites excluding steroid dienone is 1. The van der Waals surface area contributed by atoms with Crippen LogP contribution in [-0.4, -0.2) is 26.4 Å². The minimum atomic E-state index is -0.167. The molecule has 1 aliphatic rings. The van der Waals surface area contributed by atoms with E-state index in [1.54, 1.807) is 24.7 Å². The van der Waals surface area contributed by atoms with Crippen LogP contribution in [0.2, 0.25) is 0 Å². The molecule has 0 bridgehead atoms. The van der Waals surface area contributed by atoms with Gasteiger partial charge in [0, 0.05) is 17.9 Å². The number of rotatable bonds is 3. The summed E-state index contributed by atoms with van der Waals surface area (Å²) in [6.07, 6.45) is 12.0. The highest BCUT2D eigenvalue weighted by Gasteiger charge is 2.27. The summed E-state index contributed by atoms with van der Waals surface area (Å²) < 4.78 is 0. The van der Waals surface area contributed by atoms with Gasteiger partial charge >= 0.3 is 0 Å². The molecule has 1 unspecified atom stereocenters. The van der Waals surface area contributed by atoms with Crippen LogP contribution in [0, 0.1) is 0 Å². The first-order valence-corrected chi connectivity index (χ1v) is 7.69. The van der Waals surface area contributed by atoms with Crippen molar-refractivity contribution in [2.45, 2.75) is 31.7 Å². The second-order valence-corrected chi connectivity index (χ2v) is 6.36. The van der Waals surface area contributed by atoms with Crippen molar-refractivity contribution < 1.29 is 4.79 Å². The highest BCUT2D eigenvalue weighted by Crippen LogP contribution is 2.25. The lowest BCUT2D eigenvalue weighted by Gasteiger charge is -2.31. The van der Waals surface area contributed by atoms with Crippen LogP contribution < -0.4 is 5.32 Å². The van der Waals surface area contributed by atoms with Gasteiger partial charge in [0.25, 0.3) is 5.91 Å². The van der Waals surface area contributed by atoms with E-state index in [2.05, 4.69) is 39.3 Å². The number of aromatic nitrogens is 3. The lowest BCUT2D eigenvalue weighted by Crippen LogP contribution is -2.46. The molecule has 0 saturated carbocycles. The van der Waals surface area contributed by atoms with Gasteiger partial charge in [-0.3, -0.25) is 4.79 Å². The Bertz CT molecular complexity index is 667. The molecule has 2 aromatic heterocycles. The molecule has 0 saturated heterocycles. The molecule has 1 amide bonds. The number of carbonyl (C=O) groups excluding carboxylic acids is 1. The minimum Gasteiger partial charge on any atom is -0.346 e. The second-order valence-electron chi connectivity index (χ2n) is 5.33. The van der Waals surface area contributed by atoms with E-state index < -0.39 is 0 Å². The molecule has 2 aromatic rings. The number of carbonyl (C=O) groups is 1. The fourth-order valence-corrected chi connectivity index (χ4v) is 3.07. The summed E-state index contributed by atoms with van der Waals surface area (Å²) in [5.74, 6) is 0.473. The molecule has 0 spiro atoms. The summed E-state index contributed by atoms with van der Waals surface area (Å²) in [4.78, 5) is 25.5. The Morgan fingerprint density at radius 3 is 2.81 bits per heavy atom. The molecule has 1 N–H and O–H groups in total. The van der Waals surface area contributed by atoms with Crippen LogP contribution in [-0.2, 0) is 0 Å². The molecule has 3 rings (SSSR count). The highest BCUT2D eigenvalue weighted by molar-refractivity contribution is 7.16. The Morgan fingerprint density at radius 2 is 2.10 bits per heavy atom. The molecule has 0 fully saturated rings. The maximum absolute atomic E-state index is 12.4. The smallest absolute Gasteiger partial charge is 0.263 e. The lowest BCUT2D eigenvalue weighted by molar-refractivity contribution is 0.0904. The van der Waals surface area contributed by atoms with Crippen molar-refractivity contribution >= 4 is 17.2 Å². The van der Waals surface area contributed by atoms with E-state index in [-0.39, 0.29) is 11.4 Å². The number of hydrogen-bond acceptors (Lipinski definition) is 5. The van der Waals surface area contributed by atoms with Gasteiger partial charge in [0.1, 0.15) is 4.88 Å². The first-order valence-electron chi connectivity index (χ1n) is 6.87. The normalized spacial score (nSPS) is 21.2. The molecule has 0 aliphatic heterocycles. The fraction of sp³-hybridized carbons (Fsp3) is 0.333. The third-order valence-corrected chi connectivity index (χ3v) is 4.49. The Balaban J connectivity index is 1.74. The van der Waals surface area contributed by atoms with Gasteiger partial charge in [0.2, 0.25) is 0 Å². The summed E-state index contributed by atoms with van der Waals surface area (Å²) in [6, 6.07) is 1.75. The van der Waals surface area contributed by atoms with E-state index >= 15 is 0 Å². The van der Waals surface area contributed by atoms with E-state index in [0.29, 0.717) is 15.7 Å². The molecule has 21 heavy (non-hydrogen) atoms. The zero-order valence-electron chi connectivity index (χ0n) is 11.7. The number of nitrogens with one attached hydrogen (secondary N) is 1. The molecule has 5 nitrogen and oxygen atoms in total.